The molecule has 1 unspecified atom stereocenters. The number of benzene rings is 1. The van der Waals surface area contributed by atoms with Gasteiger partial charge in [0.2, 0.25) is 0 Å². The summed E-state index contributed by atoms with van der Waals surface area (Å²) >= 11 is 4.80. The number of morpholine rings is 1. The molecule has 0 aromatic heterocycles. The largest absolute Gasteiger partial charge is 0.488 e. The van der Waals surface area contributed by atoms with Gasteiger partial charge < -0.3 is 15.2 Å². The standard InChI is InChI=1S/C14H19FN2O2S/c1-2-17-5-6-18-11(8-17)9-19-13-4-3-10(14(16)20)7-12(13)15/h3-4,7,11H,2,5-6,8-9H2,1H3,(H2,16,20). The first-order chi connectivity index (χ1) is 9.60. The van der Waals surface area contributed by atoms with Gasteiger partial charge in [0.15, 0.2) is 11.6 Å². The number of hydrogen-bond acceptors (Lipinski definition) is 4. The SMILES string of the molecule is CCN1CCOC(COc2ccc(C(N)=S)cc2F)C1. The maximum absolute atomic E-state index is 13.8. The molecule has 1 atom stereocenters. The van der Waals surface area contributed by atoms with Gasteiger partial charge in [-0.1, -0.05) is 19.1 Å². The highest BCUT2D eigenvalue weighted by Crippen LogP contribution is 2.19. The van der Waals surface area contributed by atoms with E-state index in [1.807, 2.05) is 0 Å². The number of hydrogen-bond donors (Lipinski definition) is 1. The Bertz CT molecular complexity index is 484. The lowest BCUT2D eigenvalue weighted by Crippen LogP contribution is -2.44. The van der Waals surface area contributed by atoms with Crippen LogP contribution in [-0.2, 0) is 4.74 Å². The Labute approximate surface area is 123 Å². The second-order valence-electron chi connectivity index (χ2n) is 4.71. The van der Waals surface area contributed by atoms with Crippen molar-refractivity contribution in [1.82, 2.24) is 4.90 Å². The topological polar surface area (TPSA) is 47.7 Å². The van der Waals surface area contributed by atoms with Crippen LogP contribution in [0.1, 0.15) is 12.5 Å². The molecule has 0 radical (unpaired) electrons. The average molecular weight is 298 g/mol. The van der Waals surface area contributed by atoms with Crippen LogP contribution in [0.5, 0.6) is 5.75 Å². The molecule has 0 bridgehead atoms. The summed E-state index contributed by atoms with van der Waals surface area (Å²) in [6.07, 6.45) is -0.0293. The lowest BCUT2D eigenvalue weighted by atomic mass is 10.2. The predicted molar refractivity (Wildman–Crippen MR) is 79.6 cm³/mol. The minimum atomic E-state index is -0.460. The van der Waals surface area contributed by atoms with E-state index in [1.165, 1.54) is 6.07 Å². The van der Waals surface area contributed by atoms with E-state index in [-0.39, 0.29) is 16.8 Å². The zero-order chi connectivity index (χ0) is 14.5. The number of nitrogens with zero attached hydrogens (tertiary/aromatic N) is 1. The Morgan fingerprint density at radius 2 is 2.40 bits per heavy atom. The monoisotopic (exact) mass is 298 g/mol. The summed E-state index contributed by atoms with van der Waals surface area (Å²) in [6, 6.07) is 4.49. The summed E-state index contributed by atoms with van der Waals surface area (Å²) in [6.45, 7) is 5.85. The van der Waals surface area contributed by atoms with Crippen molar-refractivity contribution in [1.29, 1.82) is 0 Å². The van der Waals surface area contributed by atoms with Crippen LogP contribution in [0.3, 0.4) is 0 Å². The quantitative estimate of drug-likeness (QED) is 0.836. The molecule has 1 heterocycles. The molecule has 1 aliphatic heterocycles. The molecule has 1 saturated heterocycles. The molecule has 110 valence electrons. The van der Waals surface area contributed by atoms with Crippen molar-refractivity contribution in [3.63, 3.8) is 0 Å². The van der Waals surface area contributed by atoms with Gasteiger partial charge >= 0.3 is 0 Å². The van der Waals surface area contributed by atoms with Crippen LogP contribution in [-0.4, -0.2) is 48.8 Å². The van der Waals surface area contributed by atoms with Crippen LogP contribution in [0.4, 0.5) is 4.39 Å². The first-order valence-corrected chi connectivity index (χ1v) is 7.07. The fourth-order valence-corrected chi connectivity index (χ4v) is 2.25. The third kappa shape index (κ3) is 3.88. The van der Waals surface area contributed by atoms with Gasteiger partial charge in [-0.25, -0.2) is 4.39 Å². The van der Waals surface area contributed by atoms with Gasteiger partial charge in [-0.05, 0) is 24.7 Å². The van der Waals surface area contributed by atoms with E-state index in [1.54, 1.807) is 12.1 Å². The van der Waals surface area contributed by atoms with Crippen molar-refractivity contribution >= 4 is 17.2 Å². The maximum atomic E-state index is 13.8. The molecule has 0 amide bonds. The highest BCUT2D eigenvalue weighted by Gasteiger charge is 2.20. The second kappa shape index (κ2) is 6.97. The van der Waals surface area contributed by atoms with Gasteiger partial charge in [-0.2, -0.15) is 0 Å². The van der Waals surface area contributed by atoms with Crippen LogP contribution in [0.2, 0.25) is 0 Å². The molecule has 1 fully saturated rings. The Hall–Kier alpha value is -1.24. The normalized spacial score (nSPS) is 19.8. The Morgan fingerprint density at radius 1 is 1.60 bits per heavy atom. The first kappa shape index (κ1) is 15.2. The molecule has 0 aliphatic carbocycles. The van der Waals surface area contributed by atoms with Crippen molar-refractivity contribution in [3.8, 4) is 5.75 Å². The molecule has 0 spiro atoms. The van der Waals surface area contributed by atoms with Crippen molar-refractivity contribution in [3.05, 3.63) is 29.6 Å². The van der Waals surface area contributed by atoms with E-state index in [9.17, 15) is 4.39 Å². The zero-order valence-corrected chi connectivity index (χ0v) is 12.3. The van der Waals surface area contributed by atoms with Crippen molar-refractivity contribution in [2.75, 3.05) is 32.8 Å². The highest BCUT2D eigenvalue weighted by molar-refractivity contribution is 7.80. The third-order valence-electron chi connectivity index (χ3n) is 3.31. The van der Waals surface area contributed by atoms with E-state index >= 15 is 0 Å². The van der Waals surface area contributed by atoms with Gasteiger partial charge in [-0.3, -0.25) is 4.90 Å². The number of ether oxygens (including phenoxy) is 2. The predicted octanol–water partition coefficient (Wildman–Crippen LogP) is 1.56. The summed E-state index contributed by atoms with van der Waals surface area (Å²) in [5.41, 5.74) is 5.95. The van der Waals surface area contributed by atoms with E-state index < -0.39 is 5.82 Å². The van der Waals surface area contributed by atoms with Gasteiger partial charge in [-0.15, -0.1) is 0 Å². The van der Waals surface area contributed by atoms with Crippen LogP contribution in [0, 0.1) is 5.82 Å². The average Bonchev–Trinajstić information content (AvgIpc) is 2.46. The van der Waals surface area contributed by atoms with Crippen LogP contribution in [0.15, 0.2) is 18.2 Å². The molecule has 1 aliphatic rings. The highest BCUT2D eigenvalue weighted by atomic mass is 32.1. The molecule has 2 rings (SSSR count). The number of likely N-dealkylation sites (N-methyl/N-ethyl adjacent to an activating group) is 1. The van der Waals surface area contributed by atoms with Gasteiger partial charge in [0.1, 0.15) is 17.7 Å². The summed E-state index contributed by atoms with van der Waals surface area (Å²) in [4.78, 5) is 2.45. The third-order valence-corrected chi connectivity index (χ3v) is 3.55. The second-order valence-corrected chi connectivity index (χ2v) is 5.15. The van der Waals surface area contributed by atoms with Gasteiger partial charge in [0, 0.05) is 18.7 Å². The number of thiocarbonyl (C=S) groups is 1. The number of rotatable bonds is 5. The van der Waals surface area contributed by atoms with Crippen LogP contribution in [0.25, 0.3) is 0 Å². The number of halogens is 1. The van der Waals surface area contributed by atoms with Crippen LogP contribution < -0.4 is 10.5 Å². The lowest BCUT2D eigenvalue weighted by molar-refractivity contribution is -0.0468. The van der Waals surface area contributed by atoms with Crippen molar-refractivity contribution < 1.29 is 13.9 Å². The van der Waals surface area contributed by atoms with E-state index in [0.717, 1.165) is 19.6 Å². The summed E-state index contributed by atoms with van der Waals surface area (Å²) in [7, 11) is 0. The van der Waals surface area contributed by atoms with E-state index in [4.69, 9.17) is 27.4 Å². The fraction of sp³-hybridized carbons (Fsp3) is 0.500. The maximum Gasteiger partial charge on any atom is 0.165 e. The summed E-state index contributed by atoms with van der Waals surface area (Å²) in [5.74, 6) is -0.263. The zero-order valence-electron chi connectivity index (χ0n) is 11.5. The first-order valence-electron chi connectivity index (χ1n) is 6.66. The summed E-state index contributed by atoms with van der Waals surface area (Å²) in [5, 5.41) is 0. The Kier molecular flexibility index (Phi) is 5.28. The molecule has 1 aromatic carbocycles. The molecular formula is C14H19FN2O2S. The van der Waals surface area contributed by atoms with Gasteiger partial charge in [0.25, 0.3) is 0 Å². The lowest BCUT2D eigenvalue weighted by Gasteiger charge is -2.31. The van der Waals surface area contributed by atoms with Crippen molar-refractivity contribution in [2.45, 2.75) is 13.0 Å². The molecule has 20 heavy (non-hydrogen) atoms. The molecular weight excluding hydrogens is 279 g/mol. The summed E-state index contributed by atoms with van der Waals surface area (Å²) < 4.78 is 24.9. The van der Waals surface area contributed by atoms with E-state index in [2.05, 4.69) is 11.8 Å². The molecule has 0 saturated carbocycles. The number of nitrogens with two attached hydrogens (primary N) is 1. The molecule has 4 nitrogen and oxygen atoms in total. The Balaban J connectivity index is 1.92. The Morgan fingerprint density at radius 3 is 3.05 bits per heavy atom. The molecule has 1 aromatic rings. The van der Waals surface area contributed by atoms with Gasteiger partial charge in [0.05, 0.1) is 6.61 Å². The van der Waals surface area contributed by atoms with Crippen LogP contribution >= 0.6 is 12.2 Å². The van der Waals surface area contributed by atoms with E-state index in [0.29, 0.717) is 18.8 Å². The molecule has 6 heteroatoms. The fourth-order valence-electron chi connectivity index (χ4n) is 2.12. The smallest absolute Gasteiger partial charge is 0.165 e. The molecule has 2 N–H and O–H groups in total. The minimum Gasteiger partial charge on any atom is -0.488 e. The van der Waals surface area contributed by atoms with Crippen molar-refractivity contribution in [2.24, 2.45) is 5.73 Å². The minimum absolute atomic E-state index is 0.0293.